The van der Waals surface area contributed by atoms with Crippen LogP contribution in [-0.2, 0) is 16.6 Å². The third-order valence-electron chi connectivity index (χ3n) is 5.70. The second kappa shape index (κ2) is 10.5. The van der Waals surface area contributed by atoms with Gasteiger partial charge in [0.1, 0.15) is 0 Å². The Labute approximate surface area is 205 Å². The first-order valence-corrected chi connectivity index (χ1v) is 12.9. The number of aryl methyl sites for hydroxylation is 1. The third-order valence-corrected chi connectivity index (χ3v) is 7.49. The molecule has 4 rings (SSSR count). The Hall–Kier alpha value is -3.07. The maximum absolute atomic E-state index is 13.2. The number of carbonyl (C=O) groups is 1. The number of nitrogens with one attached hydrogen (secondary N) is 3. The molecule has 1 aliphatic heterocycles. The zero-order valence-electron chi connectivity index (χ0n) is 18.8. The van der Waals surface area contributed by atoms with Crippen molar-refractivity contribution < 1.29 is 13.2 Å². The van der Waals surface area contributed by atoms with E-state index in [1.54, 1.807) is 31.2 Å². The average molecular weight is 499 g/mol. The van der Waals surface area contributed by atoms with Crippen LogP contribution in [0, 0.1) is 6.92 Å². The van der Waals surface area contributed by atoms with Crippen molar-refractivity contribution in [2.24, 2.45) is 0 Å². The lowest BCUT2D eigenvalue weighted by molar-refractivity contribution is 0.0951. The van der Waals surface area contributed by atoms with Crippen LogP contribution in [0.4, 0.5) is 11.4 Å². The van der Waals surface area contributed by atoms with Crippen molar-refractivity contribution in [2.45, 2.75) is 18.4 Å². The summed E-state index contributed by atoms with van der Waals surface area (Å²) in [7, 11) is -3.88. The van der Waals surface area contributed by atoms with Crippen LogP contribution in [0.2, 0.25) is 5.02 Å². The first-order chi connectivity index (χ1) is 16.3. The Morgan fingerprint density at radius 3 is 2.47 bits per heavy atom. The SMILES string of the molecule is Cc1ccc(S(=O)(=O)Nc2ccc(N3CCNCC3)c(C(=O)NCc3ccccc3)c2)cc1Cl. The summed E-state index contributed by atoms with van der Waals surface area (Å²) >= 11 is 6.13. The lowest BCUT2D eigenvalue weighted by Gasteiger charge is -2.31. The molecule has 1 amide bonds. The molecule has 0 unspecified atom stereocenters. The van der Waals surface area contributed by atoms with Crippen LogP contribution >= 0.6 is 11.6 Å². The molecular formula is C25H27ClN4O3S. The number of nitrogens with zero attached hydrogens (tertiary/aromatic N) is 1. The summed E-state index contributed by atoms with van der Waals surface area (Å²) in [6, 6.07) is 19.3. The lowest BCUT2D eigenvalue weighted by Crippen LogP contribution is -2.44. The van der Waals surface area contributed by atoms with Crippen molar-refractivity contribution in [2.75, 3.05) is 35.8 Å². The summed E-state index contributed by atoms with van der Waals surface area (Å²) < 4.78 is 28.5. The lowest BCUT2D eigenvalue weighted by atomic mass is 10.1. The van der Waals surface area contributed by atoms with Gasteiger partial charge in [0.25, 0.3) is 15.9 Å². The van der Waals surface area contributed by atoms with E-state index in [-0.39, 0.29) is 10.8 Å². The Bertz CT molecular complexity index is 1280. The summed E-state index contributed by atoms with van der Waals surface area (Å²) in [6.07, 6.45) is 0. The molecule has 34 heavy (non-hydrogen) atoms. The fourth-order valence-corrected chi connectivity index (χ4v) is 5.11. The number of anilines is 2. The molecule has 9 heteroatoms. The smallest absolute Gasteiger partial charge is 0.261 e. The van der Waals surface area contributed by atoms with Crippen LogP contribution in [0.5, 0.6) is 0 Å². The quantitative estimate of drug-likeness (QED) is 0.461. The van der Waals surface area contributed by atoms with Crippen LogP contribution in [0.15, 0.2) is 71.6 Å². The number of hydrogen-bond donors (Lipinski definition) is 3. The number of hydrogen-bond acceptors (Lipinski definition) is 5. The van der Waals surface area contributed by atoms with Crippen LogP contribution in [0.25, 0.3) is 0 Å². The molecule has 0 spiro atoms. The van der Waals surface area contributed by atoms with E-state index in [1.165, 1.54) is 12.1 Å². The number of halogens is 1. The van der Waals surface area contributed by atoms with E-state index in [0.717, 1.165) is 43.0 Å². The first kappa shape index (κ1) is 24.1. The second-order valence-electron chi connectivity index (χ2n) is 8.15. The van der Waals surface area contributed by atoms with Gasteiger partial charge < -0.3 is 15.5 Å². The highest BCUT2D eigenvalue weighted by Gasteiger charge is 2.21. The van der Waals surface area contributed by atoms with E-state index in [0.29, 0.717) is 22.8 Å². The summed E-state index contributed by atoms with van der Waals surface area (Å²) in [5.41, 5.74) is 3.26. The predicted molar refractivity (Wildman–Crippen MR) is 136 cm³/mol. The van der Waals surface area contributed by atoms with Gasteiger partial charge in [-0.25, -0.2) is 8.42 Å². The Balaban J connectivity index is 1.62. The molecule has 0 aliphatic carbocycles. The highest BCUT2D eigenvalue weighted by Crippen LogP contribution is 2.27. The van der Waals surface area contributed by atoms with Gasteiger partial charge in [0.15, 0.2) is 0 Å². The van der Waals surface area contributed by atoms with Crippen molar-refractivity contribution in [1.82, 2.24) is 10.6 Å². The predicted octanol–water partition coefficient (Wildman–Crippen LogP) is 3.79. The highest BCUT2D eigenvalue weighted by molar-refractivity contribution is 7.92. The second-order valence-corrected chi connectivity index (χ2v) is 10.2. The average Bonchev–Trinajstić information content (AvgIpc) is 2.85. The van der Waals surface area contributed by atoms with E-state index in [2.05, 4.69) is 20.3 Å². The van der Waals surface area contributed by atoms with Crippen molar-refractivity contribution in [3.8, 4) is 0 Å². The maximum atomic E-state index is 13.2. The number of carbonyl (C=O) groups excluding carboxylic acids is 1. The Morgan fingerprint density at radius 2 is 1.76 bits per heavy atom. The summed E-state index contributed by atoms with van der Waals surface area (Å²) in [5, 5.41) is 6.63. The molecule has 7 nitrogen and oxygen atoms in total. The van der Waals surface area contributed by atoms with Gasteiger partial charge in [-0.05, 0) is 48.4 Å². The minimum Gasteiger partial charge on any atom is -0.368 e. The van der Waals surface area contributed by atoms with Crippen molar-refractivity contribution in [3.63, 3.8) is 0 Å². The van der Waals surface area contributed by atoms with E-state index in [4.69, 9.17) is 11.6 Å². The zero-order chi connectivity index (χ0) is 24.1. The van der Waals surface area contributed by atoms with Gasteiger partial charge in [-0.15, -0.1) is 0 Å². The van der Waals surface area contributed by atoms with Gasteiger partial charge in [-0.3, -0.25) is 9.52 Å². The van der Waals surface area contributed by atoms with Crippen molar-refractivity contribution in [1.29, 1.82) is 0 Å². The van der Waals surface area contributed by atoms with E-state index >= 15 is 0 Å². The summed E-state index contributed by atoms with van der Waals surface area (Å²) in [4.78, 5) is 15.4. The molecule has 0 radical (unpaired) electrons. The monoisotopic (exact) mass is 498 g/mol. The van der Waals surface area contributed by atoms with Gasteiger partial charge in [0, 0.05) is 49.1 Å². The topological polar surface area (TPSA) is 90.5 Å². The molecule has 1 heterocycles. The molecule has 0 aromatic heterocycles. The molecule has 3 aromatic rings. The summed E-state index contributed by atoms with van der Waals surface area (Å²) in [6.45, 7) is 5.32. The minimum absolute atomic E-state index is 0.0596. The molecule has 3 N–H and O–H groups in total. The zero-order valence-corrected chi connectivity index (χ0v) is 20.4. The van der Waals surface area contributed by atoms with Crippen molar-refractivity contribution in [3.05, 3.63) is 88.4 Å². The van der Waals surface area contributed by atoms with Gasteiger partial charge >= 0.3 is 0 Å². The molecule has 1 fully saturated rings. The third kappa shape index (κ3) is 5.70. The molecular weight excluding hydrogens is 472 g/mol. The summed E-state index contributed by atoms with van der Waals surface area (Å²) in [5.74, 6) is -0.267. The van der Waals surface area contributed by atoms with Crippen molar-refractivity contribution >= 4 is 38.9 Å². The number of rotatable bonds is 7. The largest absolute Gasteiger partial charge is 0.368 e. The van der Waals surface area contributed by atoms with Crippen LogP contribution in [0.3, 0.4) is 0 Å². The Kier molecular flexibility index (Phi) is 7.41. The van der Waals surface area contributed by atoms with Gasteiger partial charge in [0.05, 0.1) is 10.5 Å². The minimum atomic E-state index is -3.88. The van der Waals surface area contributed by atoms with E-state index < -0.39 is 10.0 Å². The van der Waals surface area contributed by atoms with Gasteiger partial charge in [-0.2, -0.15) is 0 Å². The number of benzene rings is 3. The number of amides is 1. The van der Waals surface area contributed by atoms with E-state index in [1.807, 2.05) is 30.3 Å². The number of sulfonamides is 1. The normalized spacial score (nSPS) is 14.0. The number of piperazine rings is 1. The fraction of sp³-hybridized carbons (Fsp3) is 0.240. The molecule has 3 aromatic carbocycles. The molecule has 0 bridgehead atoms. The molecule has 0 atom stereocenters. The molecule has 1 saturated heterocycles. The highest BCUT2D eigenvalue weighted by atomic mass is 35.5. The fourth-order valence-electron chi connectivity index (χ4n) is 3.79. The van der Waals surface area contributed by atoms with E-state index in [9.17, 15) is 13.2 Å². The maximum Gasteiger partial charge on any atom is 0.261 e. The molecule has 0 saturated carbocycles. The van der Waals surface area contributed by atoms with Gasteiger partial charge in [-0.1, -0.05) is 48.0 Å². The molecule has 178 valence electrons. The van der Waals surface area contributed by atoms with Gasteiger partial charge in [0.2, 0.25) is 0 Å². The van der Waals surface area contributed by atoms with Crippen LogP contribution < -0.4 is 20.3 Å². The standard InChI is InChI=1S/C25H27ClN4O3S/c1-18-7-9-21(16-23(18)26)34(32,33)29-20-8-10-24(30-13-11-27-12-14-30)22(15-20)25(31)28-17-19-5-3-2-4-6-19/h2-10,15-16,27,29H,11-14,17H2,1H3,(H,28,31). The van der Waals surface area contributed by atoms with Crippen LogP contribution in [0.1, 0.15) is 21.5 Å². The molecule has 1 aliphatic rings. The first-order valence-electron chi connectivity index (χ1n) is 11.0. The van der Waals surface area contributed by atoms with Crippen LogP contribution in [-0.4, -0.2) is 40.5 Å². The Morgan fingerprint density at radius 1 is 1.03 bits per heavy atom.